The Morgan fingerprint density at radius 2 is 2.09 bits per heavy atom. The Balaban J connectivity index is 1.36. The summed E-state index contributed by atoms with van der Waals surface area (Å²) >= 11 is 1.10. The Morgan fingerprint density at radius 3 is 2.85 bits per heavy atom. The number of rotatable bonds is 7. The predicted octanol–water partition coefficient (Wildman–Crippen LogP) is 2.62. The molecule has 0 fully saturated rings. The Bertz CT molecular complexity index is 1200. The van der Waals surface area contributed by atoms with Crippen LogP contribution < -0.4 is 10.6 Å². The molecule has 1 aliphatic rings. The third kappa shape index (κ3) is 5.14. The number of amides is 2. The van der Waals surface area contributed by atoms with E-state index in [0.29, 0.717) is 27.0 Å². The summed E-state index contributed by atoms with van der Waals surface area (Å²) in [5.74, 6) is -1.61. The zero-order valence-electron chi connectivity index (χ0n) is 17.6. The Morgan fingerprint density at radius 1 is 1.24 bits per heavy atom. The number of fused-ring (bicyclic) bond motifs is 1. The number of Topliss-reactive ketones (excluding diaryl/α,β-unsaturated/α-hetero) is 1. The van der Waals surface area contributed by atoms with Gasteiger partial charge >= 0.3 is 5.97 Å². The molecule has 3 heterocycles. The van der Waals surface area contributed by atoms with Gasteiger partial charge in [-0.15, -0.1) is 0 Å². The van der Waals surface area contributed by atoms with Crippen LogP contribution in [0.4, 0.5) is 5.13 Å². The second kappa shape index (κ2) is 9.74. The number of carbonyl (C=O) groups is 4. The van der Waals surface area contributed by atoms with Gasteiger partial charge in [0.2, 0.25) is 11.7 Å². The van der Waals surface area contributed by atoms with E-state index in [1.165, 1.54) is 12.3 Å². The first-order valence-corrected chi connectivity index (χ1v) is 11.0. The Labute approximate surface area is 192 Å². The van der Waals surface area contributed by atoms with Gasteiger partial charge in [0.15, 0.2) is 10.9 Å². The number of carbonyl (C=O) groups excluding carboxylic acids is 4. The Hall–Kier alpha value is -3.86. The summed E-state index contributed by atoms with van der Waals surface area (Å²) in [6, 6.07) is 6.33. The van der Waals surface area contributed by atoms with Crippen LogP contribution >= 0.6 is 11.3 Å². The third-order valence-electron chi connectivity index (χ3n) is 4.91. The zero-order chi connectivity index (χ0) is 23.4. The minimum Gasteiger partial charge on any atom is -0.460 e. The highest BCUT2D eigenvalue weighted by Crippen LogP contribution is 2.32. The van der Waals surface area contributed by atoms with Gasteiger partial charge < -0.3 is 14.5 Å². The molecule has 10 nitrogen and oxygen atoms in total. The van der Waals surface area contributed by atoms with Crippen LogP contribution in [0.1, 0.15) is 55.4 Å². The van der Waals surface area contributed by atoms with Crippen molar-refractivity contribution in [2.45, 2.75) is 26.3 Å². The third-order valence-corrected chi connectivity index (χ3v) is 5.97. The molecule has 3 aromatic rings. The normalized spacial score (nSPS) is 14.9. The molecule has 0 saturated heterocycles. The fraction of sp³-hybridized carbons (Fsp3) is 0.273. The highest BCUT2D eigenvalue weighted by atomic mass is 32.1. The average molecular weight is 468 g/mol. The zero-order valence-corrected chi connectivity index (χ0v) is 18.4. The smallest absolute Gasteiger partial charge is 0.374 e. The summed E-state index contributed by atoms with van der Waals surface area (Å²) in [6.45, 7) is 1.99. The van der Waals surface area contributed by atoms with Crippen molar-refractivity contribution in [3.05, 3.63) is 64.3 Å². The number of aromatic nitrogens is 2. The molecule has 2 N–H and O–H groups in total. The van der Waals surface area contributed by atoms with E-state index >= 15 is 0 Å². The molecule has 0 saturated carbocycles. The van der Waals surface area contributed by atoms with Crippen molar-refractivity contribution in [3.63, 3.8) is 0 Å². The van der Waals surface area contributed by atoms with Crippen LogP contribution in [0.3, 0.4) is 0 Å². The molecular formula is C22H20N4O6S. The molecule has 33 heavy (non-hydrogen) atoms. The van der Waals surface area contributed by atoms with E-state index in [0.717, 1.165) is 11.3 Å². The molecule has 0 bridgehead atoms. The van der Waals surface area contributed by atoms with E-state index in [-0.39, 0.29) is 49.4 Å². The summed E-state index contributed by atoms with van der Waals surface area (Å²) in [7, 11) is 0. The molecule has 4 rings (SSSR count). The average Bonchev–Trinajstić information content (AvgIpc) is 3.45. The maximum absolute atomic E-state index is 12.6. The highest BCUT2D eigenvalue weighted by Gasteiger charge is 2.33. The molecular weight excluding hydrogens is 448 g/mol. The van der Waals surface area contributed by atoms with E-state index < -0.39 is 11.9 Å². The fourth-order valence-corrected chi connectivity index (χ4v) is 4.28. The topological polar surface area (TPSA) is 140 Å². The van der Waals surface area contributed by atoms with Crippen molar-refractivity contribution < 1.29 is 28.3 Å². The van der Waals surface area contributed by atoms with Crippen LogP contribution in [0.15, 0.2) is 41.1 Å². The number of hydrogen-bond donors (Lipinski definition) is 2. The number of furan rings is 1. The summed E-state index contributed by atoms with van der Waals surface area (Å²) in [4.78, 5) is 57.9. The van der Waals surface area contributed by atoms with Gasteiger partial charge in [-0.05, 0) is 31.2 Å². The van der Waals surface area contributed by atoms with Crippen LogP contribution in [-0.2, 0) is 22.5 Å². The largest absolute Gasteiger partial charge is 0.460 e. The molecule has 0 aliphatic heterocycles. The minimum absolute atomic E-state index is 0.0449. The summed E-state index contributed by atoms with van der Waals surface area (Å²) < 4.78 is 10.2. The van der Waals surface area contributed by atoms with Gasteiger partial charge in [0.1, 0.15) is 5.76 Å². The SMILES string of the molecule is CCOC(=O)c1ccc(CNC(=O)C2CC(=O)c3sc(NC(=O)c4cccnc4)nc3C2)o1. The first-order chi connectivity index (χ1) is 15.9. The van der Waals surface area contributed by atoms with Gasteiger partial charge in [0, 0.05) is 25.2 Å². The number of ketones is 1. The number of pyridine rings is 1. The molecule has 11 heteroatoms. The van der Waals surface area contributed by atoms with E-state index in [4.69, 9.17) is 9.15 Å². The van der Waals surface area contributed by atoms with Gasteiger partial charge in [-0.1, -0.05) is 11.3 Å². The predicted molar refractivity (Wildman–Crippen MR) is 117 cm³/mol. The lowest BCUT2D eigenvalue weighted by Gasteiger charge is -2.19. The maximum Gasteiger partial charge on any atom is 0.374 e. The molecule has 1 atom stereocenters. The number of ether oxygens (including phenoxy) is 1. The lowest BCUT2D eigenvalue weighted by Crippen LogP contribution is -2.35. The quantitative estimate of drug-likeness (QED) is 0.504. The van der Waals surface area contributed by atoms with E-state index in [9.17, 15) is 19.2 Å². The summed E-state index contributed by atoms with van der Waals surface area (Å²) in [5.41, 5.74) is 0.860. The summed E-state index contributed by atoms with van der Waals surface area (Å²) in [5, 5.41) is 5.70. The first kappa shape index (κ1) is 22.3. The first-order valence-electron chi connectivity index (χ1n) is 10.2. The van der Waals surface area contributed by atoms with Crippen LogP contribution in [0.2, 0.25) is 0 Å². The van der Waals surface area contributed by atoms with Crippen molar-refractivity contribution >= 4 is 40.0 Å². The molecule has 1 aliphatic carbocycles. The number of thiazole rings is 1. The number of nitrogens with zero attached hydrogens (tertiary/aromatic N) is 2. The van der Waals surface area contributed by atoms with Gasteiger partial charge in [0.05, 0.1) is 35.2 Å². The Kier molecular flexibility index (Phi) is 6.59. The summed E-state index contributed by atoms with van der Waals surface area (Å²) in [6.07, 6.45) is 3.32. The van der Waals surface area contributed by atoms with Crippen LogP contribution in [0.25, 0.3) is 0 Å². The molecule has 1 unspecified atom stereocenters. The minimum atomic E-state index is -0.589. The lowest BCUT2D eigenvalue weighted by atomic mass is 9.89. The van der Waals surface area contributed by atoms with Crippen LogP contribution in [0, 0.1) is 5.92 Å². The van der Waals surface area contributed by atoms with Gasteiger partial charge in [-0.2, -0.15) is 0 Å². The molecule has 0 spiro atoms. The second-order valence-corrected chi connectivity index (χ2v) is 8.22. The monoisotopic (exact) mass is 468 g/mol. The molecule has 2 amide bonds. The van der Waals surface area contributed by atoms with Crippen molar-refractivity contribution in [1.29, 1.82) is 0 Å². The van der Waals surface area contributed by atoms with Gasteiger partial charge in [-0.25, -0.2) is 9.78 Å². The molecule has 3 aromatic heterocycles. The molecule has 170 valence electrons. The molecule has 0 aromatic carbocycles. The number of hydrogen-bond acceptors (Lipinski definition) is 9. The van der Waals surface area contributed by atoms with Crippen molar-refractivity contribution in [1.82, 2.24) is 15.3 Å². The number of nitrogens with one attached hydrogen (secondary N) is 2. The van der Waals surface area contributed by atoms with Crippen molar-refractivity contribution in [2.75, 3.05) is 11.9 Å². The van der Waals surface area contributed by atoms with Gasteiger partial charge in [0.25, 0.3) is 5.91 Å². The standard InChI is InChI=1S/C22H20N4O6S/c1-2-31-21(30)17-6-5-14(32-17)11-24-19(28)13-8-15-18(16(27)9-13)33-22(25-15)26-20(29)12-4-3-7-23-10-12/h3-7,10,13H,2,8-9,11H2,1H3,(H,24,28)(H,25,26,29). The number of anilines is 1. The van der Waals surface area contributed by atoms with Crippen molar-refractivity contribution in [2.24, 2.45) is 5.92 Å². The number of esters is 1. The maximum atomic E-state index is 12.6. The van der Waals surface area contributed by atoms with E-state index in [1.807, 2.05) is 0 Å². The lowest BCUT2D eigenvalue weighted by molar-refractivity contribution is -0.125. The van der Waals surface area contributed by atoms with Crippen LogP contribution in [-0.4, -0.2) is 40.1 Å². The fourth-order valence-electron chi connectivity index (χ4n) is 3.34. The van der Waals surface area contributed by atoms with E-state index in [2.05, 4.69) is 20.6 Å². The van der Waals surface area contributed by atoms with Crippen LogP contribution in [0.5, 0.6) is 0 Å². The van der Waals surface area contributed by atoms with Crippen molar-refractivity contribution in [3.8, 4) is 0 Å². The van der Waals surface area contributed by atoms with Gasteiger partial charge in [-0.3, -0.25) is 24.7 Å². The molecule has 0 radical (unpaired) electrons. The van der Waals surface area contributed by atoms with E-state index in [1.54, 1.807) is 31.3 Å². The second-order valence-electron chi connectivity index (χ2n) is 7.22. The highest BCUT2D eigenvalue weighted by molar-refractivity contribution is 7.17.